The number of hydrogen-bond acceptors (Lipinski definition) is 5. The van der Waals surface area contributed by atoms with E-state index < -0.39 is 0 Å². The average Bonchev–Trinajstić information content (AvgIpc) is 3.20. The van der Waals surface area contributed by atoms with E-state index in [0.717, 1.165) is 27.3 Å². The molecular formula is C25H23FN4O2S. The number of amides is 1. The molecule has 0 radical (unpaired) electrons. The molecule has 0 N–H and O–H groups in total. The number of ether oxygens (including phenoxy) is 1. The van der Waals surface area contributed by atoms with E-state index >= 15 is 0 Å². The lowest BCUT2D eigenvalue weighted by Gasteiger charge is -2.26. The molecule has 4 aromatic rings. The van der Waals surface area contributed by atoms with Gasteiger partial charge in [-0.15, -0.1) is 0 Å². The standard InChI is InChI=1S/C25H23FN4O2S/c26-21-3-1-2-19(14-21)16-30-23-15-27-9-8-22(23)28-25(30)33-17-18-4-6-20(7-5-18)24(31)29-10-12-32-13-11-29/h1-9,14-15H,10-13,16-17H2. The Labute approximate surface area is 195 Å². The molecular weight excluding hydrogens is 439 g/mol. The Bertz CT molecular complexity index is 1270. The number of nitrogens with zero attached hydrogens (tertiary/aromatic N) is 4. The lowest BCUT2D eigenvalue weighted by molar-refractivity contribution is 0.0303. The first-order valence-corrected chi connectivity index (χ1v) is 11.8. The third-order valence-corrected chi connectivity index (χ3v) is 6.66. The smallest absolute Gasteiger partial charge is 0.254 e. The Morgan fingerprint density at radius 2 is 1.88 bits per heavy atom. The SMILES string of the molecule is O=C(c1ccc(CSc2nc3ccncc3n2Cc2cccc(F)c2)cc1)N1CCOCC1. The third kappa shape index (κ3) is 4.91. The zero-order valence-corrected chi connectivity index (χ0v) is 18.8. The van der Waals surface area contributed by atoms with Crippen LogP contribution in [-0.2, 0) is 17.0 Å². The van der Waals surface area contributed by atoms with Crippen LogP contribution in [0.2, 0.25) is 0 Å². The van der Waals surface area contributed by atoms with Gasteiger partial charge in [-0.05, 0) is 41.5 Å². The van der Waals surface area contributed by atoms with Gasteiger partial charge in [0.1, 0.15) is 5.82 Å². The molecule has 1 fully saturated rings. The van der Waals surface area contributed by atoms with Crippen LogP contribution < -0.4 is 0 Å². The van der Waals surface area contributed by atoms with Crippen molar-refractivity contribution >= 4 is 28.7 Å². The molecule has 1 aliphatic rings. The van der Waals surface area contributed by atoms with Crippen molar-refractivity contribution in [2.75, 3.05) is 26.3 Å². The molecule has 1 saturated heterocycles. The fraction of sp³-hybridized carbons (Fsp3) is 0.240. The number of fused-ring (bicyclic) bond motifs is 1. The highest BCUT2D eigenvalue weighted by Gasteiger charge is 2.18. The second kappa shape index (κ2) is 9.72. The van der Waals surface area contributed by atoms with Gasteiger partial charge in [-0.2, -0.15) is 0 Å². The molecule has 168 valence electrons. The van der Waals surface area contributed by atoms with Crippen LogP contribution >= 0.6 is 11.8 Å². The number of thioether (sulfide) groups is 1. The van der Waals surface area contributed by atoms with Crippen LogP contribution in [0.4, 0.5) is 4.39 Å². The van der Waals surface area contributed by atoms with Gasteiger partial charge in [0, 0.05) is 30.6 Å². The number of carbonyl (C=O) groups is 1. The lowest BCUT2D eigenvalue weighted by Crippen LogP contribution is -2.40. The first-order chi connectivity index (χ1) is 16.2. The van der Waals surface area contributed by atoms with Crippen LogP contribution in [-0.4, -0.2) is 51.6 Å². The van der Waals surface area contributed by atoms with Gasteiger partial charge in [-0.25, -0.2) is 9.37 Å². The van der Waals surface area contributed by atoms with Gasteiger partial charge < -0.3 is 14.2 Å². The number of carbonyl (C=O) groups excluding carboxylic acids is 1. The fourth-order valence-corrected chi connectivity index (χ4v) is 4.84. The Kier molecular flexibility index (Phi) is 6.37. The van der Waals surface area contributed by atoms with E-state index in [1.54, 1.807) is 36.3 Å². The number of halogens is 1. The van der Waals surface area contributed by atoms with Gasteiger partial charge in [-0.3, -0.25) is 9.78 Å². The summed E-state index contributed by atoms with van der Waals surface area (Å²) in [6.07, 6.45) is 3.51. The van der Waals surface area contributed by atoms with E-state index in [1.165, 1.54) is 6.07 Å². The summed E-state index contributed by atoms with van der Waals surface area (Å²) in [4.78, 5) is 23.5. The monoisotopic (exact) mass is 462 g/mol. The minimum atomic E-state index is -0.254. The molecule has 0 bridgehead atoms. The summed E-state index contributed by atoms with van der Waals surface area (Å²) >= 11 is 1.61. The summed E-state index contributed by atoms with van der Waals surface area (Å²) in [5.74, 6) is 0.490. The average molecular weight is 463 g/mol. The molecule has 1 amide bonds. The van der Waals surface area contributed by atoms with E-state index in [2.05, 4.69) is 9.55 Å². The van der Waals surface area contributed by atoms with Crippen LogP contribution in [0.15, 0.2) is 72.1 Å². The molecule has 0 unspecified atom stereocenters. The highest BCUT2D eigenvalue weighted by atomic mass is 32.2. The predicted molar refractivity (Wildman–Crippen MR) is 126 cm³/mol. The first kappa shape index (κ1) is 21.6. The van der Waals surface area contributed by atoms with Crippen LogP contribution in [0, 0.1) is 5.82 Å². The summed E-state index contributed by atoms with van der Waals surface area (Å²) in [6.45, 7) is 2.95. The van der Waals surface area contributed by atoms with Crippen LogP contribution in [0.5, 0.6) is 0 Å². The summed E-state index contributed by atoms with van der Waals surface area (Å²) in [5, 5.41) is 0.843. The normalized spacial score (nSPS) is 14.0. The Morgan fingerprint density at radius 3 is 2.67 bits per heavy atom. The van der Waals surface area contributed by atoms with Gasteiger partial charge in [0.2, 0.25) is 0 Å². The maximum atomic E-state index is 13.7. The molecule has 0 aliphatic carbocycles. The van der Waals surface area contributed by atoms with Crippen LogP contribution in [0.3, 0.4) is 0 Å². The minimum absolute atomic E-state index is 0.0434. The maximum absolute atomic E-state index is 13.7. The first-order valence-electron chi connectivity index (χ1n) is 10.8. The van der Waals surface area contributed by atoms with Gasteiger partial charge in [0.05, 0.1) is 37.0 Å². The third-order valence-electron chi connectivity index (χ3n) is 5.61. The van der Waals surface area contributed by atoms with Gasteiger partial charge in [0.15, 0.2) is 5.16 Å². The molecule has 2 aromatic heterocycles. The molecule has 33 heavy (non-hydrogen) atoms. The number of morpholine rings is 1. The molecule has 3 heterocycles. The van der Waals surface area contributed by atoms with Crippen molar-refractivity contribution in [1.29, 1.82) is 0 Å². The van der Waals surface area contributed by atoms with Crippen molar-refractivity contribution in [3.05, 3.63) is 89.5 Å². The highest BCUT2D eigenvalue weighted by molar-refractivity contribution is 7.98. The van der Waals surface area contributed by atoms with Gasteiger partial charge >= 0.3 is 0 Å². The topological polar surface area (TPSA) is 60.2 Å². The summed E-state index contributed by atoms with van der Waals surface area (Å²) in [5.41, 5.74) is 4.42. The van der Waals surface area contributed by atoms with E-state index in [-0.39, 0.29) is 11.7 Å². The number of benzene rings is 2. The Hall–Kier alpha value is -3.23. The molecule has 0 spiro atoms. The lowest BCUT2D eigenvalue weighted by atomic mass is 10.1. The summed E-state index contributed by atoms with van der Waals surface area (Å²) in [7, 11) is 0. The van der Waals surface area contributed by atoms with E-state index in [0.29, 0.717) is 44.2 Å². The highest BCUT2D eigenvalue weighted by Crippen LogP contribution is 2.27. The number of imidazole rings is 1. The largest absolute Gasteiger partial charge is 0.378 e. The number of hydrogen-bond donors (Lipinski definition) is 0. The quantitative estimate of drug-likeness (QED) is 0.398. The fourth-order valence-electron chi connectivity index (χ4n) is 3.87. The number of aromatic nitrogens is 3. The minimum Gasteiger partial charge on any atom is -0.378 e. The van der Waals surface area contributed by atoms with Crippen LogP contribution in [0.25, 0.3) is 11.0 Å². The second-order valence-electron chi connectivity index (χ2n) is 7.87. The van der Waals surface area contributed by atoms with Gasteiger partial charge in [0.25, 0.3) is 5.91 Å². The van der Waals surface area contributed by atoms with Crippen molar-refractivity contribution < 1.29 is 13.9 Å². The van der Waals surface area contributed by atoms with E-state index in [9.17, 15) is 9.18 Å². The Balaban J connectivity index is 1.32. The van der Waals surface area contributed by atoms with E-state index in [4.69, 9.17) is 9.72 Å². The summed E-state index contributed by atoms with van der Waals surface area (Å²) < 4.78 is 21.1. The van der Waals surface area contributed by atoms with Crippen molar-refractivity contribution in [3.63, 3.8) is 0 Å². The van der Waals surface area contributed by atoms with Crippen LogP contribution in [0.1, 0.15) is 21.5 Å². The Morgan fingerprint density at radius 1 is 1.06 bits per heavy atom. The maximum Gasteiger partial charge on any atom is 0.254 e. The van der Waals surface area contributed by atoms with Crippen molar-refractivity contribution in [2.24, 2.45) is 0 Å². The molecule has 6 nitrogen and oxygen atoms in total. The summed E-state index contributed by atoms with van der Waals surface area (Å²) in [6, 6.07) is 16.2. The van der Waals surface area contributed by atoms with Crippen molar-refractivity contribution in [1.82, 2.24) is 19.4 Å². The zero-order chi connectivity index (χ0) is 22.6. The molecule has 8 heteroatoms. The molecule has 0 atom stereocenters. The van der Waals surface area contributed by atoms with E-state index in [1.807, 2.05) is 41.3 Å². The second-order valence-corrected chi connectivity index (χ2v) is 8.81. The molecule has 2 aromatic carbocycles. The predicted octanol–water partition coefficient (Wildman–Crippen LogP) is 4.38. The number of pyridine rings is 1. The number of rotatable bonds is 6. The zero-order valence-electron chi connectivity index (χ0n) is 18.0. The van der Waals surface area contributed by atoms with Crippen molar-refractivity contribution in [3.8, 4) is 0 Å². The van der Waals surface area contributed by atoms with Gasteiger partial charge in [-0.1, -0.05) is 36.0 Å². The molecule has 5 rings (SSSR count). The van der Waals surface area contributed by atoms with Crippen molar-refractivity contribution in [2.45, 2.75) is 17.5 Å². The molecule has 0 saturated carbocycles. The molecule has 1 aliphatic heterocycles.